The van der Waals surface area contributed by atoms with Crippen molar-refractivity contribution in [3.05, 3.63) is 5.21 Å². The summed E-state index contributed by atoms with van der Waals surface area (Å²) in [4.78, 5) is 0. The van der Waals surface area contributed by atoms with Gasteiger partial charge < -0.3 is 5.21 Å². The number of rotatable bonds is 0. The molecule has 0 bridgehead atoms. The van der Waals surface area contributed by atoms with Crippen LogP contribution in [0.5, 0.6) is 0 Å². The van der Waals surface area contributed by atoms with E-state index in [-0.39, 0.29) is 6.17 Å². The fraction of sp³-hybridized carbons (Fsp3) is 0.750. The van der Waals surface area contributed by atoms with Crippen LogP contribution in [0, 0.1) is 5.21 Å². The van der Waals surface area contributed by atoms with Crippen molar-refractivity contribution in [1.29, 1.82) is 0 Å². The molecule has 1 unspecified atom stereocenters. The first-order valence-corrected chi connectivity index (χ1v) is 2.33. The van der Waals surface area contributed by atoms with Crippen molar-refractivity contribution in [2.45, 2.75) is 13.1 Å². The van der Waals surface area contributed by atoms with Crippen LogP contribution in [0.25, 0.3) is 0 Å². The molecule has 1 N–H and O–H groups in total. The molecule has 0 aromatic carbocycles. The van der Waals surface area contributed by atoms with Crippen molar-refractivity contribution in [3.63, 3.8) is 0 Å². The normalized spacial score (nSPS) is 30.4. The molecule has 1 aliphatic rings. The fourth-order valence-corrected chi connectivity index (χ4v) is 0.561. The van der Waals surface area contributed by atoms with E-state index in [0.717, 1.165) is 4.74 Å². The van der Waals surface area contributed by atoms with E-state index in [4.69, 9.17) is 0 Å². The molecule has 1 heterocycles. The molecule has 0 saturated heterocycles. The van der Waals surface area contributed by atoms with Gasteiger partial charge in [0.1, 0.15) is 0 Å². The average molecular weight is 100 g/mol. The van der Waals surface area contributed by atoms with E-state index in [9.17, 15) is 5.21 Å². The van der Waals surface area contributed by atoms with Crippen LogP contribution in [0.3, 0.4) is 0 Å². The summed E-state index contributed by atoms with van der Waals surface area (Å²) in [7, 11) is 0. The van der Waals surface area contributed by atoms with Gasteiger partial charge >= 0.3 is 0 Å². The smallest absolute Gasteiger partial charge is 0.214 e. The van der Waals surface area contributed by atoms with Crippen LogP contribution in [0.15, 0.2) is 0 Å². The highest BCUT2D eigenvalue weighted by molar-refractivity contribution is 5.55. The first-order chi connectivity index (χ1) is 3.30. The molecule has 0 aromatic heterocycles. The topological polar surface area (TPSA) is 38.1 Å². The van der Waals surface area contributed by atoms with Gasteiger partial charge in [-0.25, -0.2) is 5.32 Å². The van der Waals surface area contributed by atoms with Crippen molar-refractivity contribution < 1.29 is 4.74 Å². The van der Waals surface area contributed by atoms with Crippen LogP contribution >= 0.6 is 0 Å². The molecule has 1 aliphatic heterocycles. The molecule has 0 aliphatic carbocycles. The summed E-state index contributed by atoms with van der Waals surface area (Å²) in [6.07, 6.45) is 1.57. The lowest BCUT2D eigenvalue weighted by Crippen LogP contribution is -2.25. The number of nitrogens with one attached hydrogen (secondary N) is 1. The highest BCUT2D eigenvalue weighted by Crippen LogP contribution is 1.85. The fourth-order valence-electron chi connectivity index (χ4n) is 0.561. The van der Waals surface area contributed by atoms with Crippen LogP contribution in [-0.4, -0.2) is 23.7 Å². The molecule has 7 heavy (non-hydrogen) atoms. The van der Waals surface area contributed by atoms with E-state index in [1.54, 1.807) is 6.21 Å². The summed E-state index contributed by atoms with van der Waals surface area (Å²) in [6, 6.07) is 0. The van der Waals surface area contributed by atoms with Crippen molar-refractivity contribution in [1.82, 2.24) is 5.32 Å². The number of nitrogens with zero attached hydrogens (tertiary/aromatic N) is 1. The summed E-state index contributed by atoms with van der Waals surface area (Å²) in [5, 5.41) is 13.3. The summed E-state index contributed by atoms with van der Waals surface area (Å²) < 4.78 is 0.917. The summed E-state index contributed by atoms with van der Waals surface area (Å²) in [5.74, 6) is 0. The summed E-state index contributed by atoms with van der Waals surface area (Å²) in [6.45, 7) is 2.54. The minimum Gasteiger partial charge on any atom is -0.623 e. The maximum absolute atomic E-state index is 10.4. The predicted octanol–water partition coefficient (Wildman–Crippen LogP) is -0.483. The van der Waals surface area contributed by atoms with Gasteiger partial charge in [-0.15, -0.1) is 0 Å². The maximum Gasteiger partial charge on any atom is 0.214 e. The maximum atomic E-state index is 10.4. The zero-order chi connectivity index (χ0) is 5.28. The molecule has 1 rings (SSSR count). The third-order valence-corrected chi connectivity index (χ3v) is 1.07. The molecule has 0 radical (unpaired) electrons. The van der Waals surface area contributed by atoms with E-state index in [0.29, 0.717) is 6.54 Å². The molecule has 0 fully saturated rings. The number of hydrogen-bond acceptors (Lipinski definition) is 2. The van der Waals surface area contributed by atoms with Crippen LogP contribution in [0.2, 0.25) is 0 Å². The third-order valence-electron chi connectivity index (χ3n) is 1.07. The highest BCUT2D eigenvalue weighted by Gasteiger charge is 2.11. The largest absolute Gasteiger partial charge is 0.623 e. The Bertz CT molecular complexity index is 99.9. The van der Waals surface area contributed by atoms with Crippen LogP contribution in [0.1, 0.15) is 6.92 Å². The molecule has 3 heteroatoms. The Labute approximate surface area is 42.2 Å². The van der Waals surface area contributed by atoms with Gasteiger partial charge in [0, 0.05) is 6.92 Å². The minimum atomic E-state index is -0.0139. The first-order valence-electron chi connectivity index (χ1n) is 2.33. The SMILES string of the molecule is CC1NCC=[N+]1[O-]. The molecule has 0 saturated carbocycles. The van der Waals surface area contributed by atoms with Crippen molar-refractivity contribution in [2.75, 3.05) is 6.54 Å². The average Bonchev–Trinajstić information content (AvgIpc) is 1.91. The van der Waals surface area contributed by atoms with E-state index in [2.05, 4.69) is 5.32 Å². The Hall–Kier alpha value is -0.570. The van der Waals surface area contributed by atoms with Gasteiger partial charge in [0.05, 0.1) is 6.54 Å². The van der Waals surface area contributed by atoms with Crippen molar-refractivity contribution >= 4 is 6.21 Å². The van der Waals surface area contributed by atoms with Gasteiger partial charge in [-0.05, 0) is 0 Å². The number of hydrogen-bond donors (Lipinski definition) is 1. The Morgan fingerprint density at radius 1 is 2.00 bits per heavy atom. The van der Waals surface area contributed by atoms with Crippen molar-refractivity contribution in [3.8, 4) is 0 Å². The second-order valence-corrected chi connectivity index (χ2v) is 1.63. The van der Waals surface area contributed by atoms with Gasteiger partial charge in [0.25, 0.3) is 0 Å². The molecular weight excluding hydrogens is 92.1 g/mol. The molecule has 40 valence electrons. The Kier molecular flexibility index (Phi) is 0.982. The van der Waals surface area contributed by atoms with E-state index in [1.807, 2.05) is 6.92 Å². The standard InChI is InChI=1S/C4H8N2O/c1-4-5-2-3-6(4)7/h3-5H,2H2,1H3. The molecule has 1 atom stereocenters. The Balaban J connectivity index is 2.54. The number of hydroxylamine groups is 1. The zero-order valence-electron chi connectivity index (χ0n) is 4.22. The second-order valence-electron chi connectivity index (χ2n) is 1.63. The van der Waals surface area contributed by atoms with E-state index < -0.39 is 0 Å². The minimum absolute atomic E-state index is 0.0139. The van der Waals surface area contributed by atoms with Gasteiger partial charge in [0.2, 0.25) is 6.17 Å². The molecule has 3 nitrogen and oxygen atoms in total. The third kappa shape index (κ3) is 0.718. The van der Waals surface area contributed by atoms with E-state index in [1.165, 1.54) is 0 Å². The highest BCUT2D eigenvalue weighted by atomic mass is 16.5. The van der Waals surface area contributed by atoms with E-state index >= 15 is 0 Å². The summed E-state index contributed by atoms with van der Waals surface area (Å²) >= 11 is 0. The predicted molar refractivity (Wildman–Crippen MR) is 27.2 cm³/mol. The quantitative estimate of drug-likeness (QED) is 0.329. The molecule has 0 amide bonds. The first kappa shape index (κ1) is 4.59. The van der Waals surface area contributed by atoms with Crippen LogP contribution in [-0.2, 0) is 0 Å². The molecule has 0 aromatic rings. The Morgan fingerprint density at radius 2 is 2.71 bits per heavy atom. The van der Waals surface area contributed by atoms with Gasteiger partial charge in [-0.1, -0.05) is 0 Å². The molecule has 0 spiro atoms. The zero-order valence-corrected chi connectivity index (χ0v) is 4.22. The Morgan fingerprint density at radius 3 is 2.86 bits per heavy atom. The lowest BCUT2D eigenvalue weighted by atomic mass is 10.6. The van der Waals surface area contributed by atoms with Crippen LogP contribution < -0.4 is 5.32 Å². The summed E-state index contributed by atoms with van der Waals surface area (Å²) in [5.41, 5.74) is 0. The van der Waals surface area contributed by atoms with Crippen molar-refractivity contribution in [2.24, 2.45) is 0 Å². The van der Waals surface area contributed by atoms with Gasteiger partial charge in [0.15, 0.2) is 6.21 Å². The second kappa shape index (κ2) is 1.50. The lowest BCUT2D eigenvalue weighted by molar-refractivity contribution is -0.488. The molecular formula is C4H8N2O. The van der Waals surface area contributed by atoms with Gasteiger partial charge in [-0.3, -0.25) is 0 Å². The van der Waals surface area contributed by atoms with Gasteiger partial charge in [-0.2, -0.15) is 4.74 Å². The lowest BCUT2D eigenvalue weighted by Gasteiger charge is -2.02. The monoisotopic (exact) mass is 100 g/mol. The van der Waals surface area contributed by atoms with Crippen LogP contribution in [0.4, 0.5) is 0 Å².